The van der Waals surface area contributed by atoms with Crippen LogP contribution in [0.5, 0.6) is 0 Å². The summed E-state index contributed by atoms with van der Waals surface area (Å²) in [6.07, 6.45) is 1.86. The lowest BCUT2D eigenvalue weighted by molar-refractivity contribution is -0.118. The molecular formula is C13H19NO. The van der Waals surface area contributed by atoms with Gasteiger partial charge in [0.1, 0.15) is 5.78 Å². The lowest BCUT2D eigenvalue weighted by Crippen LogP contribution is -2.23. The molecule has 1 rings (SSSR count). The Hall–Kier alpha value is -1.15. The highest BCUT2D eigenvalue weighted by molar-refractivity contribution is 5.81. The van der Waals surface area contributed by atoms with Crippen molar-refractivity contribution in [3.63, 3.8) is 0 Å². The summed E-state index contributed by atoms with van der Waals surface area (Å²) in [5.41, 5.74) is 8.03. The highest BCUT2D eigenvalue weighted by Gasteiger charge is 2.08. The van der Waals surface area contributed by atoms with Crippen LogP contribution in [0.25, 0.3) is 0 Å². The number of nitrogens with two attached hydrogens (primary N) is 1. The Kier molecular flexibility index (Phi) is 4.50. The van der Waals surface area contributed by atoms with Crippen molar-refractivity contribution < 1.29 is 4.79 Å². The fraction of sp³-hybridized carbons (Fsp3) is 0.462. The third-order valence-corrected chi connectivity index (χ3v) is 2.54. The number of Topliss-reactive ketones (excluding diaryl/α,β-unsaturated/α-hetero) is 1. The first-order chi connectivity index (χ1) is 7.11. The molecule has 0 saturated carbocycles. The second-order valence-corrected chi connectivity index (χ2v) is 4.07. The lowest BCUT2D eigenvalue weighted by atomic mass is 10.0. The van der Waals surface area contributed by atoms with Crippen molar-refractivity contribution in [1.29, 1.82) is 0 Å². The largest absolute Gasteiger partial charge is 0.327 e. The molecule has 1 aromatic rings. The van der Waals surface area contributed by atoms with Gasteiger partial charge in [0.25, 0.3) is 0 Å². The Morgan fingerprint density at radius 1 is 1.33 bits per heavy atom. The maximum absolute atomic E-state index is 11.6. The summed E-state index contributed by atoms with van der Waals surface area (Å²) in [6, 6.07) is 8.09. The van der Waals surface area contributed by atoms with E-state index in [2.05, 4.69) is 0 Å². The molecule has 15 heavy (non-hydrogen) atoms. The minimum atomic E-state index is 0.0166. The van der Waals surface area contributed by atoms with E-state index in [1.54, 1.807) is 0 Å². The highest BCUT2D eigenvalue weighted by atomic mass is 16.1. The van der Waals surface area contributed by atoms with E-state index >= 15 is 0 Å². The quantitative estimate of drug-likeness (QED) is 0.801. The summed E-state index contributed by atoms with van der Waals surface area (Å²) < 4.78 is 0. The zero-order valence-corrected chi connectivity index (χ0v) is 9.49. The molecule has 0 saturated heterocycles. The minimum Gasteiger partial charge on any atom is -0.327 e. The van der Waals surface area contributed by atoms with Crippen LogP contribution in [-0.4, -0.2) is 11.8 Å². The van der Waals surface area contributed by atoms with Gasteiger partial charge in [0.2, 0.25) is 0 Å². The van der Waals surface area contributed by atoms with E-state index in [4.69, 9.17) is 5.73 Å². The Morgan fingerprint density at radius 3 is 2.47 bits per heavy atom. The molecule has 0 bridgehead atoms. The van der Waals surface area contributed by atoms with Crippen molar-refractivity contribution in [3.8, 4) is 0 Å². The molecule has 1 aromatic carbocycles. The van der Waals surface area contributed by atoms with Gasteiger partial charge in [0.15, 0.2) is 0 Å². The number of benzene rings is 1. The molecule has 0 aliphatic heterocycles. The summed E-state index contributed by atoms with van der Waals surface area (Å²) in [5.74, 6) is 0.230. The van der Waals surface area contributed by atoms with Crippen LogP contribution in [0.15, 0.2) is 24.3 Å². The van der Waals surface area contributed by atoms with Gasteiger partial charge in [-0.2, -0.15) is 0 Å². The van der Waals surface area contributed by atoms with E-state index in [1.807, 2.05) is 38.1 Å². The van der Waals surface area contributed by atoms with E-state index in [0.717, 1.165) is 12.0 Å². The van der Waals surface area contributed by atoms with Crippen molar-refractivity contribution >= 4 is 5.78 Å². The van der Waals surface area contributed by atoms with Crippen LogP contribution in [0.1, 0.15) is 30.9 Å². The van der Waals surface area contributed by atoms with Crippen LogP contribution in [-0.2, 0) is 11.2 Å². The predicted octanol–water partition coefficient (Wildman–Crippen LogP) is 2.23. The molecule has 0 aromatic heterocycles. The number of carbonyl (C=O) groups is 1. The van der Waals surface area contributed by atoms with Gasteiger partial charge >= 0.3 is 0 Å². The number of aryl methyl sites for hydroxylation is 1. The van der Waals surface area contributed by atoms with Gasteiger partial charge < -0.3 is 5.73 Å². The summed E-state index contributed by atoms with van der Waals surface area (Å²) in [6.45, 7) is 4.04. The molecule has 2 nitrogen and oxygen atoms in total. The van der Waals surface area contributed by atoms with Crippen LogP contribution in [0.3, 0.4) is 0 Å². The third kappa shape index (κ3) is 4.26. The molecular weight excluding hydrogens is 186 g/mol. The fourth-order valence-electron chi connectivity index (χ4n) is 1.44. The van der Waals surface area contributed by atoms with Gasteiger partial charge in [-0.05, 0) is 18.9 Å². The smallest absolute Gasteiger partial charge is 0.138 e. The normalized spacial score (nSPS) is 12.5. The third-order valence-electron chi connectivity index (χ3n) is 2.54. The Balaban J connectivity index is 2.48. The molecule has 2 heteroatoms. The molecule has 0 spiro atoms. The minimum absolute atomic E-state index is 0.0166. The Bertz CT molecular complexity index is 316. The van der Waals surface area contributed by atoms with E-state index < -0.39 is 0 Å². The molecule has 0 radical (unpaired) electrons. The van der Waals surface area contributed by atoms with Crippen molar-refractivity contribution in [1.82, 2.24) is 0 Å². The van der Waals surface area contributed by atoms with Crippen LogP contribution in [0, 0.1) is 6.92 Å². The van der Waals surface area contributed by atoms with Crippen LogP contribution < -0.4 is 5.73 Å². The second kappa shape index (κ2) is 5.66. The second-order valence-electron chi connectivity index (χ2n) is 4.07. The average molecular weight is 205 g/mol. The maximum atomic E-state index is 11.6. The standard InChI is InChI=1S/C13H19NO/c1-3-12(14)9-13(15)8-11-6-4-10(2)5-7-11/h4-7,12H,3,8-9,14H2,1-2H3. The average Bonchev–Trinajstić information content (AvgIpc) is 2.21. The first-order valence-electron chi connectivity index (χ1n) is 5.44. The molecule has 2 N–H and O–H groups in total. The molecule has 0 heterocycles. The zero-order chi connectivity index (χ0) is 11.3. The number of hydrogen-bond donors (Lipinski definition) is 1. The van der Waals surface area contributed by atoms with Gasteiger partial charge in [0.05, 0.1) is 0 Å². The molecule has 0 amide bonds. The molecule has 0 aliphatic carbocycles. The number of hydrogen-bond acceptors (Lipinski definition) is 2. The molecule has 1 unspecified atom stereocenters. The number of carbonyl (C=O) groups excluding carboxylic acids is 1. The number of rotatable bonds is 5. The maximum Gasteiger partial charge on any atom is 0.138 e. The zero-order valence-electron chi connectivity index (χ0n) is 9.49. The van der Waals surface area contributed by atoms with Gasteiger partial charge in [-0.1, -0.05) is 36.8 Å². The van der Waals surface area contributed by atoms with E-state index in [1.165, 1.54) is 5.56 Å². The molecule has 1 atom stereocenters. The van der Waals surface area contributed by atoms with Crippen LogP contribution in [0.2, 0.25) is 0 Å². The molecule has 82 valence electrons. The van der Waals surface area contributed by atoms with E-state index in [0.29, 0.717) is 12.8 Å². The lowest BCUT2D eigenvalue weighted by Gasteiger charge is -2.07. The van der Waals surface area contributed by atoms with Crippen molar-refractivity contribution in [2.45, 2.75) is 39.2 Å². The van der Waals surface area contributed by atoms with Crippen molar-refractivity contribution in [2.24, 2.45) is 5.73 Å². The summed E-state index contributed by atoms with van der Waals surface area (Å²) in [7, 11) is 0. The summed E-state index contributed by atoms with van der Waals surface area (Å²) in [4.78, 5) is 11.6. The molecule has 0 aliphatic rings. The summed E-state index contributed by atoms with van der Waals surface area (Å²) in [5, 5.41) is 0. The molecule has 0 fully saturated rings. The van der Waals surface area contributed by atoms with E-state index in [9.17, 15) is 4.79 Å². The number of ketones is 1. The van der Waals surface area contributed by atoms with Crippen LogP contribution in [0.4, 0.5) is 0 Å². The Labute approximate surface area is 91.5 Å². The summed E-state index contributed by atoms with van der Waals surface area (Å²) >= 11 is 0. The van der Waals surface area contributed by atoms with Gasteiger partial charge in [-0.25, -0.2) is 0 Å². The van der Waals surface area contributed by atoms with Gasteiger partial charge in [0, 0.05) is 18.9 Å². The Morgan fingerprint density at radius 2 is 1.93 bits per heavy atom. The van der Waals surface area contributed by atoms with Gasteiger partial charge in [-0.3, -0.25) is 4.79 Å². The highest BCUT2D eigenvalue weighted by Crippen LogP contribution is 2.06. The van der Waals surface area contributed by atoms with Crippen molar-refractivity contribution in [2.75, 3.05) is 0 Å². The fourth-order valence-corrected chi connectivity index (χ4v) is 1.44. The van der Waals surface area contributed by atoms with Crippen molar-refractivity contribution in [3.05, 3.63) is 35.4 Å². The topological polar surface area (TPSA) is 43.1 Å². The predicted molar refractivity (Wildman–Crippen MR) is 62.8 cm³/mol. The van der Waals surface area contributed by atoms with Gasteiger partial charge in [-0.15, -0.1) is 0 Å². The monoisotopic (exact) mass is 205 g/mol. The SMILES string of the molecule is CCC(N)CC(=O)Cc1ccc(C)cc1. The first kappa shape index (κ1) is 11.9. The van der Waals surface area contributed by atoms with Crippen LogP contribution >= 0.6 is 0 Å². The van der Waals surface area contributed by atoms with E-state index in [-0.39, 0.29) is 11.8 Å². The first-order valence-corrected chi connectivity index (χ1v) is 5.44.